The standard InChI is InChI=1S/C22H20Cl3F3N4O2/c1-3-6-13-7-4-9-15(11-13)29-19(21(23,24)25)30-17-18(33)31(2)20(34)32(17)16-10-5-8-14(12-16)22(26,27)28/h4-5,7-12,19,29H,3,6H2,1-2H3. The number of urea groups is 1. The molecule has 3 amide bonds. The van der Waals surface area contributed by atoms with Crippen molar-refractivity contribution < 1.29 is 22.8 Å². The lowest BCUT2D eigenvalue weighted by Gasteiger charge is -2.25. The summed E-state index contributed by atoms with van der Waals surface area (Å²) in [4.78, 5) is 31.2. The van der Waals surface area contributed by atoms with E-state index >= 15 is 0 Å². The van der Waals surface area contributed by atoms with Crippen molar-refractivity contribution in [2.75, 3.05) is 17.3 Å². The van der Waals surface area contributed by atoms with Gasteiger partial charge in [-0.3, -0.25) is 9.69 Å². The van der Waals surface area contributed by atoms with E-state index in [2.05, 4.69) is 10.3 Å². The van der Waals surface area contributed by atoms with E-state index in [0.29, 0.717) is 5.69 Å². The lowest BCUT2D eigenvalue weighted by molar-refractivity contribution is -0.137. The molecule has 1 unspecified atom stereocenters. The van der Waals surface area contributed by atoms with Gasteiger partial charge in [0.2, 0.25) is 9.63 Å². The van der Waals surface area contributed by atoms with Crippen LogP contribution in [-0.2, 0) is 17.4 Å². The summed E-state index contributed by atoms with van der Waals surface area (Å²) in [6, 6.07) is 10.3. The van der Waals surface area contributed by atoms with Crippen molar-refractivity contribution in [3.8, 4) is 0 Å². The quantitative estimate of drug-likeness (QED) is 0.351. The molecule has 1 N–H and O–H groups in total. The zero-order valence-electron chi connectivity index (χ0n) is 18.0. The molecule has 0 aromatic heterocycles. The van der Waals surface area contributed by atoms with Crippen LogP contribution in [0.15, 0.2) is 53.5 Å². The van der Waals surface area contributed by atoms with Crippen LogP contribution in [0.5, 0.6) is 0 Å². The summed E-state index contributed by atoms with van der Waals surface area (Å²) in [6.07, 6.45) is -4.28. The van der Waals surface area contributed by atoms with Crippen LogP contribution in [0.25, 0.3) is 0 Å². The highest BCUT2D eigenvalue weighted by atomic mass is 35.6. The lowest BCUT2D eigenvalue weighted by atomic mass is 10.1. The molecule has 34 heavy (non-hydrogen) atoms. The fourth-order valence-electron chi connectivity index (χ4n) is 3.31. The van der Waals surface area contributed by atoms with Crippen molar-refractivity contribution in [1.82, 2.24) is 4.90 Å². The van der Waals surface area contributed by atoms with Gasteiger partial charge in [-0.2, -0.15) is 13.2 Å². The first kappa shape index (κ1) is 26.1. The van der Waals surface area contributed by atoms with Crippen LogP contribution in [0.2, 0.25) is 0 Å². The predicted octanol–water partition coefficient (Wildman–Crippen LogP) is 6.26. The maximum atomic E-state index is 13.2. The first-order valence-electron chi connectivity index (χ1n) is 10.1. The third kappa shape index (κ3) is 5.76. The molecule has 1 saturated heterocycles. The minimum Gasteiger partial charge on any atom is -0.360 e. The highest BCUT2D eigenvalue weighted by Crippen LogP contribution is 2.36. The minimum absolute atomic E-state index is 0.204. The SMILES string of the molecule is CCCc1cccc(NC(N=C2C(=O)N(C)C(=O)N2c2cccc(C(F)(F)F)c2)C(Cl)(Cl)Cl)c1. The van der Waals surface area contributed by atoms with E-state index in [1.165, 1.54) is 13.1 Å². The highest BCUT2D eigenvalue weighted by molar-refractivity contribution is 6.68. The average Bonchev–Trinajstić information content (AvgIpc) is 2.96. The second kappa shape index (κ2) is 10.0. The van der Waals surface area contributed by atoms with Gasteiger partial charge in [0.25, 0.3) is 5.91 Å². The number of amidine groups is 1. The molecule has 1 aliphatic rings. The number of hydrogen-bond donors (Lipinski definition) is 1. The van der Waals surface area contributed by atoms with Gasteiger partial charge in [0.05, 0.1) is 11.3 Å². The zero-order valence-corrected chi connectivity index (χ0v) is 20.3. The van der Waals surface area contributed by atoms with E-state index in [1.54, 1.807) is 12.1 Å². The van der Waals surface area contributed by atoms with E-state index in [9.17, 15) is 22.8 Å². The van der Waals surface area contributed by atoms with Crippen molar-refractivity contribution in [2.24, 2.45) is 4.99 Å². The maximum absolute atomic E-state index is 13.2. The van der Waals surface area contributed by atoms with Crippen LogP contribution in [0.4, 0.5) is 29.3 Å². The van der Waals surface area contributed by atoms with Crippen molar-refractivity contribution >= 4 is 64.0 Å². The Bertz CT molecular complexity index is 1120. The van der Waals surface area contributed by atoms with Gasteiger partial charge in [0.1, 0.15) is 0 Å². The van der Waals surface area contributed by atoms with E-state index in [0.717, 1.165) is 46.4 Å². The Balaban J connectivity index is 2.05. The van der Waals surface area contributed by atoms with Crippen LogP contribution >= 0.6 is 34.8 Å². The molecule has 1 fully saturated rings. The summed E-state index contributed by atoms with van der Waals surface area (Å²) in [5.74, 6) is -1.34. The largest absolute Gasteiger partial charge is 0.416 e. The summed E-state index contributed by atoms with van der Waals surface area (Å²) >= 11 is 18.3. The number of anilines is 2. The second-order valence-corrected chi connectivity index (χ2v) is 9.89. The van der Waals surface area contributed by atoms with E-state index < -0.39 is 39.5 Å². The fraction of sp³-hybridized carbons (Fsp3) is 0.318. The molecule has 1 atom stereocenters. The summed E-state index contributed by atoms with van der Waals surface area (Å²) in [6.45, 7) is 2.03. The molecular weight excluding hydrogens is 516 g/mol. The Morgan fingerprint density at radius 2 is 1.74 bits per heavy atom. The number of nitrogens with zero attached hydrogens (tertiary/aromatic N) is 3. The molecule has 0 aliphatic carbocycles. The molecule has 182 valence electrons. The fourth-order valence-corrected chi connectivity index (χ4v) is 3.62. The van der Waals surface area contributed by atoms with Crippen LogP contribution in [-0.4, -0.2) is 39.7 Å². The summed E-state index contributed by atoms with van der Waals surface area (Å²) < 4.78 is 37.6. The molecule has 1 aliphatic heterocycles. The number of likely N-dealkylation sites (N-methyl/N-ethyl adjacent to an activating group) is 1. The van der Waals surface area contributed by atoms with Crippen LogP contribution in [0.1, 0.15) is 24.5 Å². The maximum Gasteiger partial charge on any atom is 0.416 e. The van der Waals surface area contributed by atoms with Crippen LogP contribution < -0.4 is 10.2 Å². The Hall–Kier alpha value is -2.49. The molecule has 0 radical (unpaired) electrons. The first-order valence-corrected chi connectivity index (χ1v) is 11.3. The monoisotopic (exact) mass is 534 g/mol. The number of alkyl halides is 6. The number of nitrogens with one attached hydrogen (secondary N) is 1. The molecule has 6 nitrogen and oxygen atoms in total. The number of halogens is 6. The number of aliphatic imine (C=N–C) groups is 1. The predicted molar refractivity (Wildman–Crippen MR) is 128 cm³/mol. The zero-order chi connectivity index (χ0) is 25.3. The number of hydrogen-bond acceptors (Lipinski definition) is 4. The molecule has 2 aromatic rings. The van der Waals surface area contributed by atoms with E-state index in [1.807, 2.05) is 19.1 Å². The van der Waals surface area contributed by atoms with Gasteiger partial charge in [0, 0.05) is 12.7 Å². The van der Waals surface area contributed by atoms with Gasteiger partial charge in [-0.1, -0.05) is 66.3 Å². The highest BCUT2D eigenvalue weighted by Gasteiger charge is 2.44. The number of benzene rings is 2. The number of carbonyl (C=O) groups excluding carboxylic acids is 2. The van der Waals surface area contributed by atoms with Crippen LogP contribution in [0, 0.1) is 0 Å². The molecule has 2 aromatic carbocycles. The summed E-state index contributed by atoms with van der Waals surface area (Å²) in [5.41, 5.74) is 0.357. The molecule has 0 spiro atoms. The van der Waals surface area contributed by atoms with Crippen molar-refractivity contribution in [1.29, 1.82) is 0 Å². The van der Waals surface area contributed by atoms with E-state index in [4.69, 9.17) is 34.8 Å². The molecule has 1 heterocycles. The van der Waals surface area contributed by atoms with Gasteiger partial charge in [-0.05, 0) is 42.3 Å². The van der Waals surface area contributed by atoms with Crippen molar-refractivity contribution in [3.05, 3.63) is 59.7 Å². The lowest BCUT2D eigenvalue weighted by Crippen LogP contribution is -2.38. The molecule has 3 rings (SSSR count). The van der Waals surface area contributed by atoms with Crippen molar-refractivity contribution in [3.63, 3.8) is 0 Å². The van der Waals surface area contributed by atoms with Gasteiger partial charge in [-0.15, -0.1) is 0 Å². The van der Waals surface area contributed by atoms with Gasteiger partial charge >= 0.3 is 12.2 Å². The Kier molecular flexibility index (Phi) is 7.69. The minimum atomic E-state index is -4.66. The Labute approximate surface area is 209 Å². The summed E-state index contributed by atoms with van der Waals surface area (Å²) in [7, 11) is 1.18. The topological polar surface area (TPSA) is 65.0 Å². The number of amides is 3. The molecular formula is C22H20Cl3F3N4O2. The third-order valence-corrected chi connectivity index (χ3v) is 5.57. The molecule has 0 bridgehead atoms. The van der Waals surface area contributed by atoms with Gasteiger partial charge < -0.3 is 5.32 Å². The second-order valence-electron chi connectivity index (χ2n) is 7.52. The molecule has 0 saturated carbocycles. The van der Waals surface area contributed by atoms with Crippen LogP contribution in [0.3, 0.4) is 0 Å². The Morgan fingerprint density at radius 1 is 1.06 bits per heavy atom. The van der Waals surface area contributed by atoms with E-state index in [-0.39, 0.29) is 5.69 Å². The summed E-state index contributed by atoms with van der Waals surface area (Å²) in [5, 5.41) is 2.93. The average molecular weight is 536 g/mol. The van der Waals surface area contributed by atoms with Crippen molar-refractivity contribution in [2.45, 2.75) is 35.9 Å². The Morgan fingerprint density at radius 3 is 2.35 bits per heavy atom. The van der Waals surface area contributed by atoms with Gasteiger partial charge in [0.15, 0.2) is 6.17 Å². The normalized spacial score (nSPS) is 17.0. The smallest absolute Gasteiger partial charge is 0.360 e. The number of rotatable bonds is 6. The first-order chi connectivity index (χ1) is 15.8. The third-order valence-electron chi connectivity index (χ3n) is 4.95. The van der Waals surface area contributed by atoms with Gasteiger partial charge in [-0.25, -0.2) is 14.7 Å². The molecule has 12 heteroatoms. The number of aryl methyl sites for hydroxylation is 1. The number of imide groups is 1. The number of carbonyl (C=O) groups is 2.